The molecule has 4 aromatic rings. The summed E-state index contributed by atoms with van der Waals surface area (Å²) in [7, 11) is -3.52. The number of carbonyl (C=O) groups is 1. The van der Waals surface area contributed by atoms with Gasteiger partial charge in [0.2, 0.25) is 15.9 Å². The van der Waals surface area contributed by atoms with E-state index in [2.05, 4.69) is 34.1 Å². The minimum absolute atomic E-state index is 0.0408. The van der Waals surface area contributed by atoms with Crippen molar-refractivity contribution in [3.8, 4) is 0 Å². The summed E-state index contributed by atoms with van der Waals surface area (Å²) >= 11 is 1.28. The van der Waals surface area contributed by atoms with Gasteiger partial charge in [-0.15, -0.1) is 10.2 Å². The van der Waals surface area contributed by atoms with Crippen LogP contribution >= 0.6 is 11.8 Å². The predicted molar refractivity (Wildman–Crippen MR) is 132 cm³/mol. The fourth-order valence-electron chi connectivity index (χ4n) is 3.60. The van der Waals surface area contributed by atoms with Crippen LogP contribution in [-0.4, -0.2) is 45.7 Å². The van der Waals surface area contributed by atoms with Crippen molar-refractivity contribution in [1.29, 1.82) is 0 Å². The summed E-state index contributed by atoms with van der Waals surface area (Å²) in [6.07, 6.45) is 1.74. The highest BCUT2D eigenvalue weighted by Crippen LogP contribution is 2.27. The highest BCUT2D eigenvalue weighted by molar-refractivity contribution is 7.99. The Morgan fingerprint density at radius 1 is 1.12 bits per heavy atom. The Balaban J connectivity index is 1.30. The lowest BCUT2D eigenvalue weighted by molar-refractivity contribution is -0.113. The summed E-state index contributed by atoms with van der Waals surface area (Å²) in [4.78, 5) is 17.6. The molecule has 2 aromatic heterocycles. The van der Waals surface area contributed by atoms with E-state index in [9.17, 15) is 13.2 Å². The van der Waals surface area contributed by atoms with Crippen molar-refractivity contribution in [3.63, 3.8) is 0 Å². The van der Waals surface area contributed by atoms with Gasteiger partial charge in [-0.05, 0) is 49.2 Å². The highest BCUT2D eigenvalue weighted by Gasteiger charge is 2.28. The molecule has 0 aliphatic heterocycles. The third-order valence-electron chi connectivity index (χ3n) is 5.44. The van der Waals surface area contributed by atoms with E-state index in [1.807, 2.05) is 28.7 Å². The van der Waals surface area contributed by atoms with Crippen LogP contribution in [0.25, 0.3) is 16.6 Å². The molecule has 1 aliphatic carbocycles. The molecule has 11 heteroatoms. The number of aromatic nitrogens is 4. The van der Waals surface area contributed by atoms with Crippen LogP contribution in [0, 0.1) is 0 Å². The third kappa shape index (κ3) is 4.63. The highest BCUT2D eigenvalue weighted by atomic mass is 32.2. The van der Waals surface area contributed by atoms with Crippen molar-refractivity contribution in [2.45, 2.75) is 48.7 Å². The molecule has 1 fully saturated rings. The van der Waals surface area contributed by atoms with Gasteiger partial charge in [-0.2, -0.15) is 0 Å². The SMILES string of the molecule is CC(C)c1nc2ccccc2c2nnc(SCC(=O)Nc3ccc(S(=O)(=O)NC4CC4)cc3)n12. The first kappa shape index (κ1) is 22.8. The summed E-state index contributed by atoms with van der Waals surface area (Å²) in [6.45, 7) is 4.11. The van der Waals surface area contributed by atoms with Crippen LogP contribution in [0.3, 0.4) is 0 Å². The fourth-order valence-corrected chi connectivity index (χ4v) is 5.64. The van der Waals surface area contributed by atoms with Gasteiger partial charge in [-0.1, -0.05) is 37.7 Å². The molecule has 2 aromatic carbocycles. The number of amides is 1. The molecule has 1 saturated carbocycles. The van der Waals surface area contributed by atoms with Gasteiger partial charge in [0.05, 0.1) is 16.2 Å². The number of hydrogen-bond donors (Lipinski definition) is 2. The van der Waals surface area contributed by atoms with Crippen molar-refractivity contribution < 1.29 is 13.2 Å². The van der Waals surface area contributed by atoms with Crippen LogP contribution in [0.5, 0.6) is 0 Å². The summed E-state index contributed by atoms with van der Waals surface area (Å²) < 4.78 is 29.1. The van der Waals surface area contributed by atoms with Crippen molar-refractivity contribution in [3.05, 3.63) is 54.4 Å². The second-order valence-electron chi connectivity index (χ2n) is 8.54. The van der Waals surface area contributed by atoms with E-state index in [1.165, 1.54) is 23.9 Å². The van der Waals surface area contributed by atoms with Crippen molar-refractivity contribution in [1.82, 2.24) is 24.3 Å². The zero-order chi connectivity index (χ0) is 23.9. The van der Waals surface area contributed by atoms with Gasteiger partial charge < -0.3 is 5.32 Å². The fraction of sp³-hybridized carbons (Fsp3) is 0.304. The van der Waals surface area contributed by atoms with Crippen LogP contribution in [0.2, 0.25) is 0 Å². The van der Waals surface area contributed by atoms with Crippen LogP contribution in [0.1, 0.15) is 38.4 Å². The summed E-state index contributed by atoms with van der Waals surface area (Å²) in [5.74, 6) is 0.862. The molecule has 34 heavy (non-hydrogen) atoms. The molecule has 176 valence electrons. The van der Waals surface area contributed by atoms with Gasteiger partial charge in [0, 0.05) is 23.0 Å². The average molecular weight is 497 g/mol. The number of benzene rings is 2. The number of fused-ring (bicyclic) bond motifs is 3. The molecule has 5 rings (SSSR count). The Labute approximate surface area is 201 Å². The molecule has 0 spiro atoms. The third-order valence-corrected chi connectivity index (χ3v) is 7.90. The quantitative estimate of drug-likeness (QED) is 0.358. The first-order chi connectivity index (χ1) is 16.3. The first-order valence-electron chi connectivity index (χ1n) is 11.0. The minimum Gasteiger partial charge on any atom is -0.325 e. The van der Waals surface area contributed by atoms with Crippen LogP contribution in [0.15, 0.2) is 58.6 Å². The number of nitrogens with one attached hydrogen (secondary N) is 2. The second-order valence-corrected chi connectivity index (χ2v) is 11.2. The van der Waals surface area contributed by atoms with Crippen molar-refractivity contribution >= 4 is 49.9 Å². The van der Waals surface area contributed by atoms with Crippen LogP contribution < -0.4 is 10.0 Å². The Morgan fingerprint density at radius 2 is 1.85 bits per heavy atom. The maximum absolute atomic E-state index is 12.6. The number of para-hydroxylation sites is 1. The molecule has 1 amide bonds. The van der Waals surface area contributed by atoms with Gasteiger partial charge in [-0.3, -0.25) is 9.20 Å². The van der Waals surface area contributed by atoms with Gasteiger partial charge in [0.25, 0.3) is 0 Å². The van der Waals surface area contributed by atoms with E-state index < -0.39 is 10.0 Å². The van der Waals surface area contributed by atoms with E-state index in [1.54, 1.807) is 12.1 Å². The normalized spacial score (nSPS) is 14.2. The standard InChI is InChI=1S/C23H24N6O3S2/c1-14(2)21-25-19-6-4-3-5-18(19)22-26-27-23(29(21)22)33-13-20(30)24-15-9-11-17(12-10-15)34(31,32)28-16-7-8-16/h3-6,9-12,14,16,28H,7-8,13H2,1-2H3,(H,24,30). The molecular formula is C23H24N6O3S2. The van der Waals surface area contributed by atoms with Crippen LogP contribution in [-0.2, 0) is 14.8 Å². The summed E-state index contributed by atoms with van der Waals surface area (Å²) in [6, 6.07) is 14.0. The zero-order valence-corrected chi connectivity index (χ0v) is 20.4. The lowest BCUT2D eigenvalue weighted by Crippen LogP contribution is -2.25. The van der Waals surface area contributed by atoms with Gasteiger partial charge in [-0.25, -0.2) is 18.1 Å². The minimum atomic E-state index is -3.52. The molecule has 2 heterocycles. The largest absolute Gasteiger partial charge is 0.325 e. The van der Waals surface area contributed by atoms with Gasteiger partial charge in [0.1, 0.15) is 5.82 Å². The number of rotatable bonds is 8. The second kappa shape index (κ2) is 8.97. The molecule has 0 unspecified atom stereocenters. The topological polar surface area (TPSA) is 118 Å². The van der Waals surface area contributed by atoms with Gasteiger partial charge >= 0.3 is 0 Å². The number of thioether (sulfide) groups is 1. The molecule has 1 aliphatic rings. The number of carbonyl (C=O) groups excluding carboxylic acids is 1. The molecule has 0 atom stereocenters. The maximum atomic E-state index is 12.6. The predicted octanol–water partition coefficient (Wildman–Crippen LogP) is 3.57. The first-order valence-corrected chi connectivity index (χ1v) is 13.5. The van der Waals surface area contributed by atoms with Crippen molar-refractivity contribution in [2.24, 2.45) is 0 Å². The van der Waals surface area contributed by atoms with E-state index in [4.69, 9.17) is 4.98 Å². The van der Waals surface area contributed by atoms with E-state index in [-0.39, 0.29) is 28.5 Å². The van der Waals surface area contributed by atoms with Gasteiger partial charge in [0.15, 0.2) is 10.8 Å². The van der Waals surface area contributed by atoms with E-state index in [0.717, 1.165) is 29.6 Å². The monoisotopic (exact) mass is 496 g/mol. The lowest BCUT2D eigenvalue weighted by atomic mass is 10.2. The molecule has 0 bridgehead atoms. The smallest absolute Gasteiger partial charge is 0.240 e. The van der Waals surface area contributed by atoms with Crippen molar-refractivity contribution in [2.75, 3.05) is 11.1 Å². The Bertz CT molecular complexity index is 1480. The molecule has 2 N–H and O–H groups in total. The maximum Gasteiger partial charge on any atom is 0.240 e. The number of nitrogens with zero attached hydrogens (tertiary/aromatic N) is 4. The Hall–Kier alpha value is -3.02. The molecule has 0 saturated heterocycles. The Morgan fingerprint density at radius 3 is 2.56 bits per heavy atom. The zero-order valence-electron chi connectivity index (χ0n) is 18.7. The Kier molecular flexibility index (Phi) is 6.00. The van der Waals surface area contributed by atoms with E-state index >= 15 is 0 Å². The average Bonchev–Trinajstić information content (AvgIpc) is 3.51. The number of hydrogen-bond acceptors (Lipinski definition) is 7. The summed E-state index contributed by atoms with van der Waals surface area (Å²) in [5.41, 5.74) is 2.10. The molecule has 0 radical (unpaired) electrons. The van der Waals surface area contributed by atoms with E-state index in [0.29, 0.717) is 16.5 Å². The van der Waals surface area contributed by atoms with Crippen LogP contribution in [0.4, 0.5) is 5.69 Å². The summed E-state index contributed by atoms with van der Waals surface area (Å²) in [5, 5.41) is 13.0. The molecular weight excluding hydrogens is 472 g/mol. The molecule has 9 nitrogen and oxygen atoms in total. The number of sulfonamides is 1. The lowest BCUT2D eigenvalue weighted by Gasteiger charge is -2.12. The number of anilines is 1.